The molecule has 82 valence electrons. The predicted octanol–water partition coefficient (Wildman–Crippen LogP) is 3.70. The van der Waals surface area contributed by atoms with Crippen molar-refractivity contribution >= 4 is 10.8 Å². The van der Waals surface area contributed by atoms with Gasteiger partial charge in [0.25, 0.3) is 0 Å². The van der Waals surface area contributed by atoms with Gasteiger partial charge in [0.2, 0.25) is 0 Å². The van der Waals surface area contributed by atoms with Gasteiger partial charge in [-0.25, -0.2) is 8.78 Å². The molecule has 3 rings (SSSR count). The molecule has 0 radical (unpaired) electrons. The topological polar surface area (TPSA) is 20.2 Å². The van der Waals surface area contributed by atoms with Crippen molar-refractivity contribution in [2.45, 2.75) is 18.8 Å². The molecule has 1 N–H and O–H groups in total. The van der Waals surface area contributed by atoms with Gasteiger partial charge in [0, 0.05) is 5.39 Å². The molecule has 16 heavy (non-hydrogen) atoms. The fourth-order valence-corrected chi connectivity index (χ4v) is 2.10. The summed E-state index contributed by atoms with van der Waals surface area (Å²) in [6.45, 7) is 0. The van der Waals surface area contributed by atoms with E-state index in [0.29, 0.717) is 11.3 Å². The van der Waals surface area contributed by atoms with Gasteiger partial charge in [-0.3, -0.25) is 0 Å². The average molecular weight is 220 g/mol. The molecule has 0 aromatic heterocycles. The van der Waals surface area contributed by atoms with Crippen LogP contribution in [-0.4, -0.2) is 5.11 Å². The zero-order valence-corrected chi connectivity index (χ0v) is 8.50. The van der Waals surface area contributed by atoms with Crippen LogP contribution in [0.5, 0.6) is 5.75 Å². The third-order valence-electron chi connectivity index (χ3n) is 3.06. The van der Waals surface area contributed by atoms with E-state index in [1.165, 1.54) is 24.3 Å². The van der Waals surface area contributed by atoms with E-state index in [9.17, 15) is 13.9 Å². The third-order valence-corrected chi connectivity index (χ3v) is 3.06. The summed E-state index contributed by atoms with van der Waals surface area (Å²) in [6, 6.07) is 5.57. The van der Waals surface area contributed by atoms with Crippen molar-refractivity contribution < 1.29 is 13.9 Å². The number of benzene rings is 2. The van der Waals surface area contributed by atoms with Crippen molar-refractivity contribution in [3.05, 3.63) is 41.5 Å². The minimum atomic E-state index is -0.834. The number of phenols is 1. The van der Waals surface area contributed by atoms with E-state index in [4.69, 9.17) is 0 Å². The highest BCUT2D eigenvalue weighted by molar-refractivity contribution is 5.88. The van der Waals surface area contributed by atoms with Crippen LogP contribution in [-0.2, 0) is 0 Å². The van der Waals surface area contributed by atoms with E-state index >= 15 is 0 Å². The lowest BCUT2D eigenvalue weighted by Gasteiger charge is -2.08. The summed E-state index contributed by atoms with van der Waals surface area (Å²) in [5, 5.41) is 10.3. The van der Waals surface area contributed by atoms with Crippen LogP contribution in [0.1, 0.15) is 24.3 Å². The SMILES string of the molecule is Oc1ccc2c(F)c(F)cc(C3CC3)c2c1. The second-order valence-corrected chi connectivity index (χ2v) is 4.27. The van der Waals surface area contributed by atoms with Gasteiger partial charge in [0.1, 0.15) is 5.75 Å². The fourth-order valence-electron chi connectivity index (χ4n) is 2.10. The molecule has 0 atom stereocenters. The molecular formula is C13H10F2O. The number of aromatic hydroxyl groups is 1. The standard InChI is InChI=1S/C13H10F2O/c14-12-6-10(7-1-2-7)11-5-8(16)3-4-9(11)13(12)15/h3-7,16H,1-2H2. The van der Waals surface area contributed by atoms with Gasteiger partial charge in [-0.05, 0) is 54.0 Å². The maximum atomic E-state index is 13.5. The Morgan fingerprint density at radius 1 is 1.06 bits per heavy atom. The van der Waals surface area contributed by atoms with Gasteiger partial charge >= 0.3 is 0 Å². The molecule has 0 saturated heterocycles. The van der Waals surface area contributed by atoms with Gasteiger partial charge in [-0.15, -0.1) is 0 Å². The summed E-state index contributed by atoms with van der Waals surface area (Å²) in [5.41, 5.74) is 0.810. The number of hydrogen-bond acceptors (Lipinski definition) is 1. The molecule has 1 aliphatic rings. The van der Waals surface area contributed by atoms with Gasteiger partial charge in [0.05, 0.1) is 0 Å². The van der Waals surface area contributed by atoms with Crippen molar-refractivity contribution in [2.75, 3.05) is 0 Å². The van der Waals surface area contributed by atoms with E-state index < -0.39 is 11.6 Å². The van der Waals surface area contributed by atoms with Crippen LogP contribution in [0, 0.1) is 11.6 Å². The second kappa shape index (κ2) is 3.17. The van der Waals surface area contributed by atoms with E-state index in [0.717, 1.165) is 18.4 Å². The zero-order valence-electron chi connectivity index (χ0n) is 8.50. The number of halogens is 2. The van der Waals surface area contributed by atoms with Crippen LogP contribution in [0.15, 0.2) is 24.3 Å². The minimum Gasteiger partial charge on any atom is -0.508 e. The lowest BCUT2D eigenvalue weighted by atomic mass is 10.00. The smallest absolute Gasteiger partial charge is 0.166 e. The highest BCUT2D eigenvalue weighted by atomic mass is 19.2. The van der Waals surface area contributed by atoms with Crippen LogP contribution in [0.3, 0.4) is 0 Å². The van der Waals surface area contributed by atoms with Gasteiger partial charge in [-0.1, -0.05) is 0 Å². The Hall–Kier alpha value is -1.64. The second-order valence-electron chi connectivity index (χ2n) is 4.27. The first-order chi connectivity index (χ1) is 7.66. The first kappa shape index (κ1) is 9.58. The van der Waals surface area contributed by atoms with Crippen LogP contribution >= 0.6 is 0 Å². The summed E-state index contributed by atoms with van der Waals surface area (Å²) in [6.07, 6.45) is 2.02. The van der Waals surface area contributed by atoms with E-state index in [-0.39, 0.29) is 11.1 Å². The lowest BCUT2D eigenvalue weighted by Crippen LogP contribution is -1.92. The lowest BCUT2D eigenvalue weighted by molar-refractivity contribution is 0.475. The normalized spacial score (nSPS) is 15.6. The van der Waals surface area contributed by atoms with E-state index in [2.05, 4.69) is 0 Å². The third kappa shape index (κ3) is 1.35. The number of fused-ring (bicyclic) bond motifs is 1. The molecule has 1 fully saturated rings. The zero-order chi connectivity index (χ0) is 11.3. The summed E-state index contributed by atoms with van der Waals surface area (Å²) in [5.74, 6) is -1.24. The number of phenolic OH excluding ortho intramolecular Hbond substituents is 1. The largest absolute Gasteiger partial charge is 0.508 e. The predicted molar refractivity (Wildman–Crippen MR) is 57.5 cm³/mol. The highest BCUT2D eigenvalue weighted by Gasteiger charge is 2.27. The van der Waals surface area contributed by atoms with Crippen molar-refractivity contribution in [3.8, 4) is 5.75 Å². The van der Waals surface area contributed by atoms with Crippen LogP contribution in [0.2, 0.25) is 0 Å². The molecule has 2 aromatic carbocycles. The Morgan fingerprint density at radius 2 is 1.81 bits per heavy atom. The van der Waals surface area contributed by atoms with Crippen molar-refractivity contribution in [3.63, 3.8) is 0 Å². The van der Waals surface area contributed by atoms with Gasteiger partial charge < -0.3 is 5.11 Å². The summed E-state index contributed by atoms with van der Waals surface area (Å²) >= 11 is 0. The molecule has 2 aromatic rings. The Balaban J connectivity index is 2.39. The van der Waals surface area contributed by atoms with Crippen molar-refractivity contribution in [1.29, 1.82) is 0 Å². The molecule has 1 nitrogen and oxygen atoms in total. The first-order valence-corrected chi connectivity index (χ1v) is 5.27. The Kier molecular flexibility index (Phi) is 1.90. The number of hydrogen-bond donors (Lipinski definition) is 1. The van der Waals surface area contributed by atoms with Gasteiger partial charge in [0.15, 0.2) is 11.6 Å². The molecule has 0 heterocycles. The summed E-state index contributed by atoms with van der Waals surface area (Å²) in [4.78, 5) is 0. The minimum absolute atomic E-state index is 0.0837. The molecular weight excluding hydrogens is 210 g/mol. The van der Waals surface area contributed by atoms with Crippen molar-refractivity contribution in [1.82, 2.24) is 0 Å². The average Bonchev–Trinajstić information content (AvgIpc) is 3.07. The maximum absolute atomic E-state index is 13.5. The Morgan fingerprint density at radius 3 is 2.50 bits per heavy atom. The number of rotatable bonds is 1. The summed E-state index contributed by atoms with van der Waals surface area (Å²) < 4.78 is 26.9. The molecule has 0 aliphatic heterocycles. The van der Waals surface area contributed by atoms with Crippen LogP contribution in [0.25, 0.3) is 10.8 Å². The van der Waals surface area contributed by atoms with Gasteiger partial charge in [-0.2, -0.15) is 0 Å². The first-order valence-electron chi connectivity index (χ1n) is 5.27. The van der Waals surface area contributed by atoms with Crippen LogP contribution < -0.4 is 0 Å². The fraction of sp³-hybridized carbons (Fsp3) is 0.231. The molecule has 3 heteroatoms. The quantitative estimate of drug-likeness (QED) is 0.776. The highest BCUT2D eigenvalue weighted by Crippen LogP contribution is 2.44. The molecule has 0 spiro atoms. The molecule has 0 bridgehead atoms. The molecule has 0 amide bonds. The van der Waals surface area contributed by atoms with Crippen molar-refractivity contribution in [2.24, 2.45) is 0 Å². The monoisotopic (exact) mass is 220 g/mol. The molecule has 1 saturated carbocycles. The maximum Gasteiger partial charge on any atom is 0.166 e. The molecule has 0 unspecified atom stereocenters. The Bertz CT molecular complexity index is 574. The van der Waals surface area contributed by atoms with E-state index in [1.807, 2.05) is 0 Å². The molecule has 1 aliphatic carbocycles. The van der Waals surface area contributed by atoms with E-state index in [1.54, 1.807) is 0 Å². The Labute approximate surface area is 91.3 Å². The van der Waals surface area contributed by atoms with Crippen LogP contribution in [0.4, 0.5) is 8.78 Å². The summed E-state index contributed by atoms with van der Waals surface area (Å²) in [7, 11) is 0.